The Hall–Kier alpha value is -0.0800. The maximum Gasteiger partial charge on any atom is 0.0460 e. The van der Waals surface area contributed by atoms with Crippen LogP contribution in [0.5, 0.6) is 0 Å². The maximum absolute atomic E-state index is 8.97. The normalized spacial score (nSPS) is 28.8. The molecule has 1 heterocycles. The molecule has 1 aliphatic carbocycles. The Morgan fingerprint density at radius 3 is 2.17 bits per heavy atom. The Labute approximate surface area is 74.6 Å². The van der Waals surface area contributed by atoms with Crippen molar-refractivity contribution < 1.29 is 5.11 Å². The van der Waals surface area contributed by atoms with Crippen molar-refractivity contribution in [1.29, 1.82) is 0 Å². The molecule has 0 aromatic carbocycles. The summed E-state index contributed by atoms with van der Waals surface area (Å²) in [6.07, 6.45) is 6.71. The van der Waals surface area contributed by atoms with Crippen LogP contribution in [0.1, 0.15) is 32.1 Å². The highest BCUT2D eigenvalue weighted by Crippen LogP contribution is 2.28. The van der Waals surface area contributed by atoms with Crippen molar-refractivity contribution in [2.75, 3.05) is 19.7 Å². The van der Waals surface area contributed by atoms with Crippen LogP contribution in [-0.2, 0) is 0 Å². The third-order valence-corrected chi connectivity index (χ3v) is 3.50. The van der Waals surface area contributed by atoms with Crippen LogP contribution in [0, 0.1) is 5.92 Å². The van der Waals surface area contributed by atoms with Crippen LogP contribution in [0.25, 0.3) is 0 Å². The van der Waals surface area contributed by atoms with Gasteiger partial charge in [0.15, 0.2) is 0 Å². The largest absolute Gasteiger partial charge is 0.396 e. The molecule has 2 fully saturated rings. The molecule has 0 spiro atoms. The lowest BCUT2D eigenvalue weighted by Gasteiger charge is -2.41. The summed E-state index contributed by atoms with van der Waals surface area (Å²) in [5.74, 6) is 0.598. The maximum atomic E-state index is 8.97. The number of hydrogen-bond acceptors (Lipinski definition) is 2. The van der Waals surface area contributed by atoms with Crippen LogP contribution in [0.2, 0.25) is 0 Å². The zero-order valence-electron chi connectivity index (χ0n) is 7.71. The summed E-state index contributed by atoms with van der Waals surface area (Å²) in [5.41, 5.74) is 0. The van der Waals surface area contributed by atoms with E-state index in [4.69, 9.17) is 5.11 Å². The molecule has 70 valence electrons. The van der Waals surface area contributed by atoms with E-state index in [1.54, 1.807) is 0 Å². The fraction of sp³-hybridized carbons (Fsp3) is 1.00. The van der Waals surface area contributed by atoms with Gasteiger partial charge < -0.3 is 10.0 Å². The second kappa shape index (κ2) is 3.75. The molecule has 0 aromatic rings. The molecule has 0 unspecified atom stereocenters. The number of piperidine rings is 1. The molecular weight excluding hydrogens is 150 g/mol. The molecule has 2 rings (SSSR count). The van der Waals surface area contributed by atoms with Crippen LogP contribution in [-0.4, -0.2) is 35.7 Å². The number of rotatable bonds is 2. The molecule has 2 aliphatic rings. The monoisotopic (exact) mass is 169 g/mol. The van der Waals surface area contributed by atoms with E-state index in [0.29, 0.717) is 12.5 Å². The number of nitrogens with zero attached hydrogens (tertiary/aromatic N) is 1. The lowest BCUT2D eigenvalue weighted by molar-refractivity contribution is 0.0670. The summed E-state index contributed by atoms with van der Waals surface area (Å²) in [5, 5.41) is 8.97. The third kappa shape index (κ3) is 1.64. The Morgan fingerprint density at radius 1 is 1.08 bits per heavy atom. The topological polar surface area (TPSA) is 23.5 Å². The number of hydrogen-bond donors (Lipinski definition) is 1. The SMILES string of the molecule is OCC1CCN(C2CCC2)CC1. The summed E-state index contributed by atoms with van der Waals surface area (Å²) in [6.45, 7) is 2.87. The first-order chi connectivity index (χ1) is 5.90. The summed E-state index contributed by atoms with van der Waals surface area (Å²) in [7, 11) is 0. The summed E-state index contributed by atoms with van der Waals surface area (Å²) in [6, 6.07) is 0.907. The molecule has 0 atom stereocenters. The van der Waals surface area contributed by atoms with Gasteiger partial charge >= 0.3 is 0 Å². The van der Waals surface area contributed by atoms with Crippen molar-refractivity contribution in [3.05, 3.63) is 0 Å². The first kappa shape index (κ1) is 8.52. The van der Waals surface area contributed by atoms with E-state index in [1.807, 2.05) is 0 Å². The molecule has 1 saturated heterocycles. The van der Waals surface area contributed by atoms with Crippen molar-refractivity contribution in [1.82, 2.24) is 4.90 Å². The fourth-order valence-corrected chi connectivity index (χ4v) is 2.25. The predicted octanol–water partition coefficient (Wildman–Crippen LogP) is 1.24. The minimum Gasteiger partial charge on any atom is -0.396 e. The van der Waals surface area contributed by atoms with Gasteiger partial charge in [0.1, 0.15) is 0 Å². The second-order valence-corrected chi connectivity index (χ2v) is 4.25. The standard InChI is InChI=1S/C10H19NO/c12-8-9-4-6-11(7-5-9)10-2-1-3-10/h9-10,12H,1-8H2. The lowest BCUT2D eigenvalue weighted by atomic mass is 9.88. The average Bonchev–Trinajstić information content (AvgIpc) is 2.03. The fourth-order valence-electron chi connectivity index (χ4n) is 2.25. The molecule has 0 amide bonds. The smallest absolute Gasteiger partial charge is 0.0460 e. The van der Waals surface area contributed by atoms with Gasteiger partial charge in [0.05, 0.1) is 0 Å². The summed E-state index contributed by atoms with van der Waals surface area (Å²) >= 11 is 0. The summed E-state index contributed by atoms with van der Waals surface area (Å²) < 4.78 is 0. The molecular formula is C10H19NO. The first-order valence-electron chi connectivity index (χ1n) is 5.25. The van der Waals surface area contributed by atoms with Crippen molar-refractivity contribution in [2.45, 2.75) is 38.1 Å². The zero-order chi connectivity index (χ0) is 8.39. The summed E-state index contributed by atoms with van der Waals surface area (Å²) in [4.78, 5) is 2.62. The van der Waals surface area contributed by atoms with Gasteiger partial charge in [0, 0.05) is 12.6 Å². The Morgan fingerprint density at radius 2 is 1.75 bits per heavy atom. The lowest BCUT2D eigenvalue weighted by Crippen LogP contribution is -2.45. The van der Waals surface area contributed by atoms with E-state index in [0.717, 1.165) is 6.04 Å². The van der Waals surface area contributed by atoms with Crippen LogP contribution in [0.4, 0.5) is 0 Å². The van der Waals surface area contributed by atoms with Crippen molar-refractivity contribution in [3.8, 4) is 0 Å². The van der Waals surface area contributed by atoms with E-state index in [1.165, 1.54) is 45.2 Å². The van der Waals surface area contributed by atoms with Gasteiger partial charge in [-0.25, -0.2) is 0 Å². The minimum absolute atomic E-state index is 0.401. The first-order valence-corrected chi connectivity index (χ1v) is 5.25. The van der Waals surface area contributed by atoms with E-state index in [-0.39, 0.29) is 0 Å². The highest BCUT2D eigenvalue weighted by atomic mass is 16.3. The van der Waals surface area contributed by atoms with Gasteiger partial charge in [0.25, 0.3) is 0 Å². The molecule has 0 aromatic heterocycles. The minimum atomic E-state index is 0.401. The second-order valence-electron chi connectivity index (χ2n) is 4.25. The van der Waals surface area contributed by atoms with Crippen LogP contribution < -0.4 is 0 Å². The Bertz CT molecular complexity index is 137. The van der Waals surface area contributed by atoms with Crippen LogP contribution in [0.15, 0.2) is 0 Å². The van der Waals surface area contributed by atoms with E-state index >= 15 is 0 Å². The molecule has 2 heteroatoms. The van der Waals surface area contributed by atoms with Gasteiger partial charge in [0.2, 0.25) is 0 Å². The zero-order valence-corrected chi connectivity index (χ0v) is 7.71. The van der Waals surface area contributed by atoms with E-state index in [2.05, 4.69) is 4.90 Å². The van der Waals surface area contributed by atoms with E-state index in [9.17, 15) is 0 Å². The van der Waals surface area contributed by atoms with Gasteiger partial charge in [-0.1, -0.05) is 6.42 Å². The number of aliphatic hydroxyl groups is 1. The molecule has 0 radical (unpaired) electrons. The van der Waals surface area contributed by atoms with Gasteiger partial charge in [-0.05, 0) is 44.7 Å². The van der Waals surface area contributed by atoms with Crippen molar-refractivity contribution in [2.24, 2.45) is 5.92 Å². The Balaban J connectivity index is 1.74. The average molecular weight is 169 g/mol. The van der Waals surface area contributed by atoms with Crippen molar-refractivity contribution >= 4 is 0 Å². The molecule has 1 saturated carbocycles. The molecule has 1 N–H and O–H groups in total. The number of likely N-dealkylation sites (tertiary alicyclic amines) is 1. The highest BCUT2D eigenvalue weighted by Gasteiger charge is 2.28. The molecule has 1 aliphatic heterocycles. The molecule has 0 bridgehead atoms. The highest BCUT2D eigenvalue weighted by molar-refractivity contribution is 4.83. The van der Waals surface area contributed by atoms with Crippen molar-refractivity contribution in [3.63, 3.8) is 0 Å². The predicted molar refractivity (Wildman–Crippen MR) is 49.0 cm³/mol. The van der Waals surface area contributed by atoms with Crippen LogP contribution >= 0.6 is 0 Å². The molecule has 2 nitrogen and oxygen atoms in total. The third-order valence-electron chi connectivity index (χ3n) is 3.50. The van der Waals surface area contributed by atoms with Gasteiger partial charge in [-0.2, -0.15) is 0 Å². The van der Waals surface area contributed by atoms with Gasteiger partial charge in [-0.15, -0.1) is 0 Å². The number of aliphatic hydroxyl groups excluding tert-OH is 1. The van der Waals surface area contributed by atoms with E-state index < -0.39 is 0 Å². The molecule has 12 heavy (non-hydrogen) atoms. The van der Waals surface area contributed by atoms with Crippen LogP contribution in [0.3, 0.4) is 0 Å². The quantitative estimate of drug-likeness (QED) is 0.672. The van der Waals surface area contributed by atoms with Gasteiger partial charge in [-0.3, -0.25) is 0 Å². The Kier molecular flexibility index (Phi) is 2.66.